The van der Waals surface area contributed by atoms with Gasteiger partial charge in [-0.1, -0.05) is 6.92 Å². The highest BCUT2D eigenvalue weighted by molar-refractivity contribution is 5.85. The fourth-order valence-electron chi connectivity index (χ4n) is 2.97. The number of fused-ring (bicyclic) bond motifs is 1. The van der Waals surface area contributed by atoms with Gasteiger partial charge >= 0.3 is 0 Å². The number of rotatable bonds is 5. The molecule has 0 bridgehead atoms. The lowest BCUT2D eigenvalue weighted by atomic mass is 10.0. The van der Waals surface area contributed by atoms with Crippen molar-refractivity contribution >= 4 is 16.8 Å². The van der Waals surface area contributed by atoms with Gasteiger partial charge in [-0.2, -0.15) is 0 Å². The van der Waals surface area contributed by atoms with Gasteiger partial charge in [0.1, 0.15) is 5.82 Å². The zero-order valence-electron chi connectivity index (χ0n) is 12.5. The Morgan fingerprint density at radius 1 is 1.48 bits per heavy atom. The first-order chi connectivity index (χ1) is 10.1. The summed E-state index contributed by atoms with van der Waals surface area (Å²) in [4.78, 5) is 15.2. The Morgan fingerprint density at radius 2 is 2.24 bits per heavy atom. The number of hydrogen-bond acceptors (Lipinski definition) is 1. The van der Waals surface area contributed by atoms with E-state index >= 15 is 0 Å². The number of carbonyl (C=O) groups is 1. The van der Waals surface area contributed by atoms with E-state index in [9.17, 15) is 9.18 Å². The fourth-order valence-corrected chi connectivity index (χ4v) is 2.97. The lowest BCUT2D eigenvalue weighted by Gasteiger charge is -2.11. The maximum Gasteiger partial charge on any atom is 0.223 e. The van der Waals surface area contributed by atoms with E-state index in [2.05, 4.69) is 10.3 Å². The fraction of sp³-hybridized carbons (Fsp3) is 0.471. The number of amides is 1. The van der Waals surface area contributed by atoms with Crippen LogP contribution < -0.4 is 5.32 Å². The maximum absolute atomic E-state index is 13.2. The van der Waals surface area contributed by atoms with Gasteiger partial charge in [0.25, 0.3) is 0 Å². The quantitative estimate of drug-likeness (QED) is 0.871. The first-order valence-electron chi connectivity index (χ1n) is 7.60. The summed E-state index contributed by atoms with van der Waals surface area (Å²) < 4.78 is 13.2. The molecule has 0 aliphatic heterocycles. The number of aromatic amines is 1. The molecule has 1 aromatic carbocycles. The van der Waals surface area contributed by atoms with Gasteiger partial charge in [-0.05, 0) is 55.9 Å². The van der Waals surface area contributed by atoms with Crippen LogP contribution in [0, 0.1) is 24.6 Å². The molecule has 1 aliphatic carbocycles. The van der Waals surface area contributed by atoms with Gasteiger partial charge in [-0.15, -0.1) is 0 Å². The van der Waals surface area contributed by atoms with E-state index in [0.717, 1.165) is 28.6 Å². The Bertz CT molecular complexity index is 673. The van der Waals surface area contributed by atoms with Crippen molar-refractivity contribution in [2.75, 3.05) is 6.54 Å². The largest absolute Gasteiger partial charge is 0.358 e. The minimum atomic E-state index is -0.234. The lowest BCUT2D eigenvalue weighted by molar-refractivity contribution is -0.125. The molecule has 3 nitrogen and oxygen atoms in total. The van der Waals surface area contributed by atoms with Crippen molar-refractivity contribution in [1.29, 1.82) is 0 Å². The molecule has 21 heavy (non-hydrogen) atoms. The molecule has 2 aromatic rings. The summed E-state index contributed by atoms with van der Waals surface area (Å²) in [6.45, 7) is 4.62. The van der Waals surface area contributed by atoms with E-state index in [0.29, 0.717) is 12.5 Å². The number of halogens is 1. The van der Waals surface area contributed by atoms with E-state index in [4.69, 9.17) is 0 Å². The second kappa shape index (κ2) is 5.51. The van der Waals surface area contributed by atoms with Crippen LogP contribution in [-0.2, 0) is 11.2 Å². The molecule has 0 spiro atoms. The third-order valence-electron chi connectivity index (χ3n) is 4.50. The molecule has 1 unspecified atom stereocenters. The van der Waals surface area contributed by atoms with Crippen LogP contribution in [0.5, 0.6) is 0 Å². The number of carbonyl (C=O) groups excluding carboxylic acids is 1. The molecule has 1 fully saturated rings. The second-order valence-electron chi connectivity index (χ2n) is 6.09. The Labute approximate surface area is 123 Å². The highest BCUT2D eigenvalue weighted by Crippen LogP contribution is 2.36. The molecule has 3 rings (SSSR count). The zero-order valence-corrected chi connectivity index (χ0v) is 12.5. The van der Waals surface area contributed by atoms with Crippen LogP contribution in [0.3, 0.4) is 0 Å². The molecular weight excluding hydrogens is 267 g/mol. The minimum absolute atomic E-state index is 0.128. The minimum Gasteiger partial charge on any atom is -0.358 e. The molecule has 1 heterocycles. The number of benzene rings is 1. The molecular formula is C17H21FN2O. The van der Waals surface area contributed by atoms with Crippen molar-refractivity contribution in [3.63, 3.8) is 0 Å². The summed E-state index contributed by atoms with van der Waals surface area (Å²) in [6, 6.07) is 4.80. The third kappa shape index (κ3) is 2.94. The summed E-state index contributed by atoms with van der Waals surface area (Å²) in [7, 11) is 0. The molecule has 0 saturated heterocycles. The van der Waals surface area contributed by atoms with Gasteiger partial charge in [0, 0.05) is 29.1 Å². The summed E-state index contributed by atoms with van der Waals surface area (Å²) in [5, 5.41) is 4.06. The van der Waals surface area contributed by atoms with E-state index < -0.39 is 0 Å². The van der Waals surface area contributed by atoms with Gasteiger partial charge in [0.15, 0.2) is 0 Å². The van der Waals surface area contributed by atoms with Crippen molar-refractivity contribution in [3.8, 4) is 0 Å². The first-order valence-corrected chi connectivity index (χ1v) is 7.60. The average molecular weight is 288 g/mol. The van der Waals surface area contributed by atoms with Crippen LogP contribution in [-0.4, -0.2) is 17.4 Å². The molecule has 2 N–H and O–H groups in total. The number of aromatic nitrogens is 1. The van der Waals surface area contributed by atoms with Crippen LogP contribution in [0.15, 0.2) is 18.2 Å². The molecule has 112 valence electrons. The number of H-pyrrole nitrogens is 1. The first kappa shape index (κ1) is 14.1. The third-order valence-corrected chi connectivity index (χ3v) is 4.50. The Kier molecular flexibility index (Phi) is 3.70. The zero-order chi connectivity index (χ0) is 15.0. The van der Waals surface area contributed by atoms with Crippen LogP contribution in [0.4, 0.5) is 4.39 Å². The van der Waals surface area contributed by atoms with Gasteiger partial charge < -0.3 is 10.3 Å². The molecule has 4 heteroatoms. The Hall–Kier alpha value is -1.84. The van der Waals surface area contributed by atoms with Crippen molar-refractivity contribution in [1.82, 2.24) is 10.3 Å². The SMILES string of the molecule is Cc1[nH]c2cc(F)ccc2c1CCNC(=O)C(C)C1CC1. The lowest BCUT2D eigenvalue weighted by Crippen LogP contribution is -2.31. The van der Waals surface area contributed by atoms with E-state index in [1.54, 1.807) is 6.07 Å². The predicted octanol–water partition coefficient (Wildman–Crippen LogP) is 3.32. The normalized spacial score (nSPS) is 16.1. The highest BCUT2D eigenvalue weighted by atomic mass is 19.1. The van der Waals surface area contributed by atoms with E-state index in [1.165, 1.54) is 25.0 Å². The van der Waals surface area contributed by atoms with Crippen molar-refractivity contribution in [2.45, 2.75) is 33.1 Å². The van der Waals surface area contributed by atoms with E-state index in [1.807, 2.05) is 13.8 Å². The molecule has 1 aliphatic rings. The number of nitrogens with one attached hydrogen (secondary N) is 2. The maximum atomic E-state index is 13.2. The Morgan fingerprint density at radius 3 is 2.95 bits per heavy atom. The predicted molar refractivity (Wildman–Crippen MR) is 81.6 cm³/mol. The smallest absolute Gasteiger partial charge is 0.223 e. The van der Waals surface area contributed by atoms with Crippen molar-refractivity contribution in [3.05, 3.63) is 35.3 Å². The topological polar surface area (TPSA) is 44.9 Å². The van der Waals surface area contributed by atoms with Gasteiger partial charge in [0.05, 0.1) is 0 Å². The van der Waals surface area contributed by atoms with Gasteiger partial charge in [0.2, 0.25) is 5.91 Å². The molecule has 0 radical (unpaired) electrons. The summed E-state index contributed by atoms with van der Waals surface area (Å²) in [5.41, 5.74) is 3.02. The van der Waals surface area contributed by atoms with Gasteiger partial charge in [-0.3, -0.25) is 4.79 Å². The van der Waals surface area contributed by atoms with Crippen LogP contribution in [0.2, 0.25) is 0 Å². The molecule has 1 amide bonds. The molecule has 1 aromatic heterocycles. The highest BCUT2D eigenvalue weighted by Gasteiger charge is 2.32. The Balaban J connectivity index is 1.65. The van der Waals surface area contributed by atoms with Crippen LogP contribution >= 0.6 is 0 Å². The van der Waals surface area contributed by atoms with Crippen molar-refractivity contribution in [2.24, 2.45) is 11.8 Å². The second-order valence-corrected chi connectivity index (χ2v) is 6.09. The summed E-state index contributed by atoms with van der Waals surface area (Å²) >= 11 is 0. The number of hydrogen-bond donors (Lipinski definition) is 2. The van der Waals surface area contributed by atoms with Crippen LogP contribution in [0.1, 0.15) is 31.0 Å². The average Bonchev–Trinajstić information content (AvgIpc) is 3.24. The molecule has 1 saturated carbocycles. The van der Waals surface area contributed by atoms with Crippen LogP contribution in [0.25, 0.3) is 10.9 Å². The van der Waals surface area contributed by atoms with Crippen molar-refractivity contribution < 1.29 is 9.18 Å². The summed E-state index contributed by atoms with van der Waals surface area (Å²) in [5.74, 6) is 0.633. The van der Waals surface area contributed by atoms with E-state index in [-0.39, 0.29) is 17.6 Å². The van der Waals surface area contributed by atoms with Gasteiger partial charge in [-0.25, -0.2) is 4.39 Å². The molecule has 1 atom stereocenters. The monoisotopic (exact) mass is 288 g/mol. The number of aryl methyl sites for hydroxylation is 1. The standard InChI is InChI=1S/C17H21FN2O/c1-10(12-3-4-12)17(21)19-8-7-14-11(2)20-16-9-13(18)5-6-15(14)16/h5-6,9-10,12,20H,3-4,7-8H2,1-2H3,(H,19,21). The summed E-state index contributed by atoms with van der Waals surface area (Å²) in [6.07, 6.45) is 3.13.